The Morgan fingerprint density at radius 1 is 1.47 bits per heavy atom. The molecule has 1 rings (SSSR count). The summed E-state index contributed by atoms with van der Waals surface area (Å²) in [5.74, 6) is 0.311. The number of rotatable bonds is 6. The summed E-state index contributed by atoms with van der Waals surface area (Å²) in [4.78, 5) is 21.7. The molecule has 6 nitrogen and oxygen atoms in total. The Balaban J connectivity index is 2.52. The molecule has 0 unspecified atom stereocenters. The second kappa shape index (κ2) is 7.27. The number of nitrogens with zero attached hydrogens (tertiary/aromatic N) is 1. The van der Waals surface area contributed by atoms with Gasteiger partial charge in [0.15, 0.2) is 0 Å². The van der Waals surface area contributed by atoms with Gasteiger partial charge in [-0.15, -0.1) is 0 Å². The van der Waals surface area contributed by atoms with Gasteiger partial charge in [0.1, 0.15) is 0 Å². The number of hydrogen-bond acceptors (Lipinski definition) is 4. The first kappa shape index (κ1) is 15.7. The van der Waals surface area contributed by atoms with Gasteiger partial charge in [-0.3, -0.25) is 14.9 Å². The summed E-state index contributed by atoms with van der Waals surface area (Å²) in [6, 6.07) is 4.67. The van der Waals surface area contributed by atoms with Crippen LogP contribution in [0.25, 0.3) is 0 Å². The summed E-state index contributed by atoms with van der Waals surface area (Å²) in [5, 5.41) is 16.4. The first-order valence-corrected chi connectivity index (χ1v) is 6.92. The molecule has 1 aromatic rings. The highest BCUT2D eigenvalue weighted by Crippen LogP contribution is 2.23. The largest absolute Gasteiger partial charge is 0.376 e. The Kier molecular flexibility index (Phi) is 6.00. The predicted octanol–water partition coefficient (Wildman–Crippen LogP) is 2.38. The molecule has 0 radical (unpaired) electrons. The molecule has 0 saturated heterocycles. The van der Waals surface area contributed by atoms with Crippen LogP contribution in [0.1, 0.15) is 13.8 Å². The van der Waals surface area contributed by atoms with E-state index < -0.39 is 4.92 Å². The van der Waals surface area contributed by atoms with Crippen LogP contribution in [0.15, 0.2) is 18.2 Å². The minimum absolute atomic E-state index is 0.0652. The lowest BCUT2D eigenvalue weighted by Crippen LogP contribution is -2.32. The molecule has 0 aromatic heterocycles. The molecular formula is C12H16IN3O3. The maximum atomic E-state index is 11.5. The molecule has 1 aromatic carbocycles. The molecule has 7 heteroatoms. The zero-order valence-corrected chi connectivity index (χ0v) is 12.9. The summed E-state index contributed by atoms with van der Waals surface area (Å²) < 4.78 is 0.537. The van der Waals surface area contributed by atoms with E-state index in [-0.39, 0.29) is 18.1 Å². The fourth-order valence-corrected chi connectivity index (χ4v) is 2.04. The van der Waals surface area contributed by atoms with E-state index in [4.69, 9.17) is 0 Å². The standard InChI is InChI=1S/C12H16IN3O3/c1-8(2)6-15-12(17)7-14-9-3-4-11(16(18)19)10(13)5-9/h3-5,8,14H,6-7H2,1-2H3,(H,15,17). The maximum Gasteiger partial charge on any atom is 0.282 e. The molecule has 0 spiro atoms. The first-order chi connectivity index (χ1) is 8.90. The second-order valence-corrected chi connectivity index (χ2v) is 5.64. The highest BCUT2D eigenvalue weighted by molar-refractivity contribution is 14.1. The van der Waals surface area contributed by atoms with Crippen LogP contribution < -0.4 is 10.6 Å². The number of halogens is 1. The maximum absolute atomic E-state index is 11.5. The zero-order chi connectivity index (χ0) is 14.4. The van der Waals surface area contributed by atoms with E-state index in [9.17, 15) is 14.9 Å². The molecule has 1 amide bonds. The van der Waals surface area contributed by atoms with Crippen LogP contribution in [0, 0.1) is 19.6 Å². The molecule has 0 saturated carbocycles. The Morgan fingerprint density at radius 2 is 2.16 bits per heavy atom. The van der Waals surface area contributed by atoms with Gasteiger partial charge in [-0.05, 0) is 40.6 Å². The van der Waals surface area contributed by atoms with Gasteiger partial charge >= 0.3 is 0 Å². The summed E-state index contributed by atoms with van der Waals surface area (Å²) >= 11 is 1.90. The smallest absolute Gasteiger partial charge is 0.282 e. The van der Waals surface area contributed by atoms with E-state index in [1.807, 2.05) is 36.4 Å². The molecule has 0 aliphatic carbocycles. The van der Waals surface area contributed by atoms with Gasteiger partial charge in [0.2, 0.25) is 5.91 Å². The molecular weight excluding hydrogens is 361 g/mol. The van der Waals surface area contributed by atoms with E-state index in [1.54, 1.807) is 12.1 Å². The molecule has 0 atom stereocenters. The van der Waals surface area contributed by atoms with Gasteiger partial charge in [-0.1, -0.05) is 13.8 Å². The number of benzene rings is 1. The lowest BCUT2D eigenvalue weighted by molar-refractivity contribution is -0.385. The minimum atomic E-state index is -0.430. The third-order valence-electron chi connectivity index (χ3n) is 2.30. The van der Waals surface area contributed by atoms with Crippen LogP contribution >= 0.6 is 22.6 Å². The quantitative estimate of drug-likeness (QED) is 0.453. The summed E-state index contributed by atoms with van der Waals surface area (Å²) in [6.07, 6.45) is 0. The van der Waals surface area contributed by atoms with Crippen LogP contribution in [0.4, 0.5) is 11.4 Å². The van der Waals surface area contributed by atoms with Crippen molar-refractivity contribution < 1.29 is 9.72 Å². The number of nitro benzene ring substituents is 1. The third kappa shape index (κ3) is 5.41. The van der Waals surface area contributed by atoms with Crippen molar-refractivity contribution in [3.05, 3.63) is 31.9 Å². The number of nitro groups is 1. The normalized spacial score (nSPS) is 10.3. The molecule has 19 heavy (non-hydrogen) atoms. The average molecular weight is 377 g/mol. The molecule has 104 valence electrons. The van der Waals surface area contributed by atoms with Gasteiger partial charge in [0, 0.05) is 18.3 Å². The van der Waals surface area contributed by atoms with Crippen LogP contribution in [-0.2, 0) is 4.79 Å². The summed E-state index contributed by atoms with van der Waals surface area (Å²) in [5.41, 5.74) is 0.755. The highest BCUT2D eigenvalue weighted by atomic mass is 127. The summed E-state index contributed by atoms with van der Waals surface area (Å²) in [7, 11) is 0. The SMILES string of the molecule is CC(C)CNC(=O)CNc1ccc([N+](=O)[O-])c(I)c1. The average Bonchev–Trinajstić information content (AvgIpc) is 2.33. The fraction of sp³-hybridized carbons (Fsp3) is 0.417. The van der Waals surface area contributed by atoms with Crippen LogP contribution in [0.5, 0.6) is 0 Å². The molecule has 0 fully saturated rings. The van der Waals surface area contributed by atoms with Gasteiger partial charge in [0.05, 0.1) is 15.0 Å². The van der Waals surface area contributed by atoms with Gasteiger partial charge in [-0.25, -0.2) is 0 Å². The second-order valence-electron chi connectivity index (χ2n) is 4.47. The van der Waals surface area contributed by atoms with Gasteiger partial charge < -0.3 is 10.6 Å². The first-order valence-electron chi connectivity index (χ1n) is 5.84. The molecule has 0 bridgehead atoms. The molecule has 2 N–H and O–H groups in total. The fourth-order valence-electron chi connectivity index (χ4n) is 1.33. The van der Waals surface area contributed by atoms with Crippen molar-refractivity contribution in [1.29, 1.82) is 0 Å². The lowest BCUT2D eigenvalue weighted by atomic mass is 10.2. The van der Waals surface area contributed by atoms with Crippen molar-refractivity contribution in [2.45, 2.75) is 13.8 Å². The molecule has 0 aliphatic heterocycles. The van der Waals surface area contributed by atoms with Crippen molar-refractivity contribution in [2.75, 3.05) is 18.4 Å². The lowest BCUT2D eigenvalue weighted by Gasteiger charge is -2.09. The Bertz CT molecular complexity index is 477. The molecule has 0 heterocycles. The number of amides is 1. The number of carbonyl (C=O) groups is 1. The Labute approximate surface area is 125 Å². The highest BCUT2D eigenvalue weighted by Gasteiger charge is 2.11. The van der Waals surface area contributed by atoms with E-state index in [2.05, 4.69) is 10.6 Å². The van der Waals surface area contributed by atoms with Crippen LogP contribution in [-0.4, -0.2) is 23.9 Å². The van der Waals surface area contributed by atoms with Crippen molar-refractivity contribution in [1.82, 2.24) is 5.32 Å². The minimum Gasteiger partial charge on any atom is -0.376 e. The number of nitrogens with one attached hydrogen (secondary N) is 2. The topological polar surface area (TPSA) is 84.3 Å². The Hall–Kier alpha value is -1.38. The van der Waals surface area contributed by atoms with Crippen LogP contribution in [0.2, 0.25) is 0 Å². The van der Waals surface area contributed by atoms with Gasteiger partial charge in [0.25, 0.3) is 5.69 Å². The Morgan fingerprint density at radius 3 is 2.68 bits per heavy atom. The number of hydrogen-bond donors (Lipinski definition) is 2. The van der Waals surface area contributed by atoms with Crippen molar-refractivity contribution in [3.8, 4) is 0 Å². The molecule has 0 aliphatic rings. The van der Waals surface area contributed by atoms with E-state index in [0.717, 1.165) is 0 Å². The third-order valence-corrected chi connectivity index (χ3v) is 3.17. The van der Waals surface area contributed by atoms with Gasteiger partial charge in [-0.2, -0.15) is 0 Å². The predicted molar refractivity (Wildman–Crippen MR) is 82.2 cm³/mol. The van der Waals surface area contributed by atoms with E-state index >= 15 is 0 Å². The summed E-state index contributed by atoms with van der Waals surface area (Å²) in [6.45, 7) is 4.83. The number of anilines is 1. The monoisotopic (exact) mass is 377 g/mol. The van der Waals surface area contributed by atoms with Crippen molar-refractivity contribution >= 4 is 39.9 Å². The van der Waals surface area contributed by atoms with Crippen molar-refractivity contribution in [3.63, 3.8) is 0 Å². The van der Waals surface area contributed by atoms with E-state index in [0.29, 0.717) is 21.7 Å². The van der Waals surface area contributed by atoms with E-state index in [1.165, 1.54) is 6.07 Å². The number of carbonyl (C=O) groups excluding carboxylic acids is 1. The van der Waals surface area contributed by atoms with Crippen molar-refractivity contribution in [2.24, 2.45) is 5.92 Å². The van der Waals surface area contributed by atoms with Crippen LogP contribution in [0.3, 0.4) is 0 Å². The zero-order valence-electron chi connectivity index (χ0n) is 10.8.